The second-order valence-electron chi connectivity index (χ2n) is 2.81. The summed E-state index contributed by atoms with van der Waals surface area (Å²) >= 11 is 0. The van der Waals surface area contributed by atoms with Gasteiger partial charge in [-0.05, 0) is 19.8 Å². The number of ether oxygens (including phenoxy) is 1. The average molecular weight is 168 g/mol. The first-order chi connectivity index (χ1) is 5.85. The predicted molar refractivity (Wildman–Crippen MR) is 54.3 cm³/mol. The van der Waals surface area contributed by atoms with Gasteiger partial charge in [-0.15, -0.1) is 6.58 Å². The molecule has 1 nitrogen and oxygen atoms in total. The molecule has 0 bridgehead atoms. The van der Waals surface area contributed by atoms with Crippen LogP contribution in [0.2, 0.25) is 0 Å². The normalized spacial score (nSPS) is 13.5. The molecule has 1 unspecified atom stereocenters. The van der Waals surface area contributed by atoms with E-state index in [9.17, 15) is 0 Å². The predicted octanol–water partition coefficient (Wildman–Crippen LogP) is 3.32. The van der Waals surface area contributed by atoms with Crippen molar-refractivity contribution >= 4 is 0 Å². The number of hydrogen-bond donors (Lipinski definition) is 0. The van der Waals surface area contributed by atoms with Crippen LogP contribution in [0, 0.1) is 0 Å². The van der Waals surface area contributed by atoms with Crippen LogP contribution in [0.3, 0.4) is 0 Å². The van der Waals surface area contributed by atoms with E-state index in [0.717, 1.165) is 19.4 Å². The molecule has 1 heteroatoms. The number of allylic oxidation sites excluding steroid dienone is 1. The van der Waals surface area contributed by atoms with Gasteiger partial charge in [-0.25, -0.2) is 0 Å². The molecule has 0 amide bonds. The zero-order valence-electron chi connectivity index (χ0n) is 8.25. The maximum absolute atomic E-state index is 5.61. The third kappa shape index (κ3) is 6.17. The maximum atomic E-state index is 5.61. The SMILES string of the molecule is C=CCC(/C=C/C)OCCCC. The Morgan fingerprint density at radius 1 is 1.50 bits per heavy atom. The van der Waals surface area contributed by atoms with E-state index in [1.54, 1.807) is 0 Å². The van der Waals surface area contributed by atoms with Crippen LogP contribution in [0.15, 0.2) is 24.8 Å². The van der Waals surface area contributed by atoms with E-state index in [0.29, 0.717) is 0 Å². The highest BCUT2D eigenvalue weighted by molar-refractivity contribution is 4.90. The third-order valence-electron chi connectivity index (χ3n) is 1.64. The fourth-order valence-electron chi connectivity index (χ4n) is 0.960. The van der Waals surface area contributed by atoms with E-state index >= 15 is 0 Å². The fraction of sp³-hybridized carbons (Fsp3) is 0.636. The van der Waals surface area contributed by atoms with E-state index in [4.69, 9.17) is 4.74 Å². The molecule has 0 aliphatic heterocycles. The van der Waals surface area contributed by atoms with Crippen LogP contribution in [0.25, 0.3) is 0 Å². The molecule has 0 aromatic heterocycles. The molecule has 0 rings (SSSR count). The molecular weight excluding hydrogens is 148 g/mol. The first-order valence-electron chi connectivity index (χ1n) is 4.70. The molecule has 0 heterocycles. The van der Waals surface area contributed by atoms with Crippen LogP contribution in [-0.4, -0.2) is 12.7 Å². The molecule has 0 N–H and O–H groups in total. The van der Waals surface area contributed by atoms with Crippen molar-refractivity contribution in [3.05, 3.63) is 24.8 Å². The van der Waals surface area contributed by atoms with Crippen molar-refractivity contribution in [2.24, 2.45) is 0 Å². The average Bonchev–Trinajstić information content (AvgIpc) is 2.06. The van der Waals surface area contributed by atoms with E-state index in [1.807, 2.05) is 19.1 Å². The van der Waals surface area contributed by atoms with Gasteiger partial charge in [0.05, 0.1) is 6.10 Å². The molecule has 0 fully saturated rings. The van der Waals surface area contributed by atoms with Crippen LogP contribution in [0.5, 0.6) is 0 Å². The number of unbranched alkanes of at least 4 members (excludes halogenated alkanes) is 1. The molecule has 12 heavy (non-hydrogen) atoms. The lowest BCUT2D eigenvalue weighted by Gasteiger charge is -2.11. The Bertz CT molecular complexity index is 127. The molecule has 0 aliphatic carbocycles. The van der Waals surface area contributed by atoms with Crippen molar-refractivity contribution in [1.29, 1.82) is 0 Å². The number of hydrogen-bond acceptors (Lipinski definition) is 1. The molecule has 0 aromatic rings. The van der Waals surface area contributed by atoms with Gasteiger partial charge >= 0.3 is 0 Å². The maximum Gasteiger partial charge on any atom is 0.0789 e. The van der Waals surface area contributed by atoms with Gasteiger partial charge in [0.25, 0.3) is 0 Å². The summed E-state index contributed by atoms with van der Waals surface area (Å²) in [6.45, 7) is 8.74. The minimum atomic E-state index is 0.235. The van der Waals surface area contributed by atoms with E-state index < -0.39 is 0 Å². The molecule has 1 atom stereocenters. The minimum absolute atomic E-state index is 0.235. The lowest BCUT2D eigenvalue weighted by molar-refractivity contribution is 0.0849. The van der Waals surface area contributed by atoms with Crippen LogP contribution >= 0.6 is 0 Å². The van der Waals surface area contributed by atoms with E-state index in [-0.39, 0.29) is 6.10 Å². The summed E-state index contributed by atoms with van der Waals surface area (Å²) in [6, 6.07) is 0. The Morgan fingerprint density at radius 3 is 2.75 bits per heavy atom. The van der Waals surface area contributed by atoms with Crippen LogP contribution < -0.4 is 0 Å². The van der Waals surface area contributed by atoms with Gasteiger partial charge in [-0.2, -0.15) is 0 Å². The lowest BCUT2D eigenvalue weighted by atomic mass is 10.2. The molecule has 0 aromatic carbocycles. The Kier molecular flexibility index (Phi) is 8.14. The van der Waals surface area contributed by atoms with Gasteiger partial charge in [-0.3, -0.25) is 0 Å². The Balaban J connectivity index is 3.55. The smallest absolute Gasteiger partial charge is 0.0789 e. The zero-order chi connectivity index (χ0) is 9.23. The van der Waals surface area contributed by atoms with Crippen LogP contribution in [0.1, 0.15) is 33.1 Å². The second kappa shape index (κ2) is 8.54. The van der Waals surface area contributed by atoms with Crippen LogP contribution in [0.4, 0.5) is 0 Å². The Hall–Kier alpha value is -0.560. The fourth-order valence-corrected chi connectivity index (χ4v) is 0.960. The highest BCUT2D eigenvalue weighted by Crippen LogP contribution is 2.02. The standard InChI is InChI=1S/C11H20O/c1-4-7-10-12-11(8-5-2)9-6-3/h5-6,9,11H,2,4,7-8,10H2,1,3H3/b9-6+. The highest BCUT2D eigenvalue weighted by atomic mass is 16.5. The molecular formula is C11H20O. The van der Waals surface area contributed by atoms with Gasteiger partial charge in [0.2, 0.25) is 0 Å². The van der Waals surface area contributed by atoms with Crippen molar-refractivity contribution in [2.75, 3.05) is 6.61 Å². The molecule has 0 radical (unpaired) electrons. The Labute approximate surface area is 76.1 Å². The van der Waals surface area contributed by atoms with Crippen molar-refractivity contribution in [3.63, 3.8) is 0 Å². The molecule has 0 spiro atoms. The summed E-state index contributed by atoms with van der Waals surface area (Å²) in [7, 11) is 0. The highest BCUT2D eigenvalue weighted by Gasteiger charge is 2.00. The topological polar surface area (TPSA) is 9.23 Å². The summed E-state index contributed by atoms with van der Waals surface area (Å²) in [4.78, 5) is 0. The van der Waals surface area contributed by atoms with Crippen LogP contribution in [-0.2, 0) is 4.74 Å². The second-order valence-corrected chi connectivity index (χ2v) is 2.81. The van der Waals surface area contributed by atoms with Gasteiger partial charge in [-0.1, -0.05) is 31.6 Å². The van der Waals surface area contributed by atoms with Crippen molar-refractivity contribution in [2.45, 2.75) is 39.2 Å². The first kappa shape index (κ1) is 11.4. The van der Waals surface area contributed by atoms with Gasteiger partial charge in [0, 0.05) is 6.61 Å². The van der Waals surface area contributed by atoms with Gasteiger partial charge < -0.3 is 4.74 Å². The van der Waals surface area contributed by atoms with E-state index in [2.05, 4.69) is 19.6 Å². The summed E-state index contributed by atoms with van der Waals surface area (Å²) in [5.41, 5.74) is 0. The first-order valence-corrected chi connectivity index (χ1v) is 4.70. The summed E-state index contributed by atoms with van der Waals surface area (Å²) in [5, 5.41) is 0. The van der Waals surface area contributed by atoms with Gasteiger partial charge in [0.15, 0.2) is 0 Å². The van der Waals surface area contributed by atoms with E-state index in [1.165, 1.54) is 6.42 Å². The molecule has 0 saturated carbocycles. The molecule has 0 aliphatic rings. The summed E-state index contributed by atoms with van der Waals surface area (Å²) in [5.74, 6) is 0. The molecule has 0 saturated heterocycles. The largest absolute Gasteiger partial charge is 0.374 e. The number of rotatable bonds is 7. The Morgan fingerprint density at radius 2 is 2.25 bits per heavy atom. The summed E-state index contributed by atoms with van der Waals surface area (Å²) in [6.07, 6.45) is 9.49. The van der Waals surface area contributed by atoms with Gasteiger partial charge in [0.1, 0.15) is 0 Å². The van der Waals surface area contributed by atoms with Crippen molar-refractivity contribution < 1.29 is 4.74 Å². The zero-order valence-corrected chi connectivity index (χ0v) is 8.25. The summed E-state index contributed by atoms with van der Waals surface area (Å²) < 4.78 is 5.61. The quantitative estimate of drug-likeness (QED) is 0.418. The monoisotopic (exact) mass is 168 g/mol. The van der Waals surface area contributed by atoms with Crippen molar-refractivity contribution in [3.8, 4) is 0 Å². The van der Waals surface area contributed by atoms with Crippen molar-refractivity contribution in [1.82, 2.24) is 0 Å². The molecule has 70 valence electrons. The lowest BCUT2D eigenvalue weighted by Crippen LogP contribution is -2.09. The third-order valence-corrected chi connectivity index (χ3v) is 1.64. The minimum Gasteiger partial charge on any atom is -0.374 e.